The van der Waals surface area contributed by atoms with Crippen LogP contribution in [-0.2, 0) is 14.4 Å². The molecule has 0 bridgehead atoms. The fourth-order valence-electron chi connectivity index (χ4n) is 7.46. The molecule has 1 aliphatic heterocycles. The molecular weight excluding hydrogens is 610 g/mol. The van der Waals surface area contributed by atoms with Gasteiger partial charge in [0.1, 0.15) is 17.1 Å². The van der Waals surface area contributed by atoms with E-state index in [0.29, 0.717) is 5.56 Å². The topological polar surface area (TPSA) is 212 Å². The first kappa shape index (κ1) is 34.5. The highest BCUT2D eigenvalue weighted by molar-refractivity contribution is 6.25. The third kappa shape index (κ3) is 5.71. The Bertz CT molecular complexity index is 1570. The Hall–Kier alpha value is -3.82. The second-order valence-electron chi connectivity index (χ2n) is 14.3. The van der Waals surface area contributed by atoms with Crippen LogP contribution in [0.2, 0.25) is 0 Å². The molecule has 0 aromatic heterocycles. The van der Waals surface area contributed by atoms with Crippen molar-refractivity contribution in [3.05, 3.63) is 45.9 Å². The number of aliphatic hydroxyl groups excluding tert-OH is 3. The first-order chi connectivity index (χ1) is 21.9. The maximum atomic E-state index is 14.1. The molecule has 1 aromatic rings. The molecule has 14 heteroatoms. The van der Waals surface area contributed by atoms with Gasteiger partial charge >= 0.3 is 0 Å². The Morgan fingerprint density at radius 1 is 1.09 bits per heavy atom. The number of benzene rings is 1. The van der Waals surface area contributed by atoms with E-state index < -0.39 is 87.3 Å². The molecule has 4 aliphatic rings. The number of rotatable bonds is 7. The summed E-state index contributed by atoms with van der Waals surface area (Å²) in [7, 11) is 3.05. The molecule has 5 unspecified atom stereocenters. The Balaban J connectivity index is 1.57. The number of anilines is 1. The number of aliphatic hydroxyl groups is 4. The molecule has 1 aromatic carbocycles. The molecule has 8 N–H and O–H groups in total. The van der Waals surface area contributed by atoms with Crippen molar-refractivity contribution in [3.63, 3.8) is 0 Å². The van der Waals surface area contributed by atoms with Gasteiger partial charge in [-0.05, 0) is 78.3 Å². The highest BCUT2D eigenvalue weighted by Gasteiger charge is 2.67. The van der Waals surface area contributed by atoms with Crippen LogP contribution in [0.15, 0.2) is 34.8 Å². The molecule has 2 amide bonds. The summed E-state index contributed by atoms with van der Waals surface area (Å²) in [5.74, 6) is -9.56. The number of carbonyl (C=O) groups is 4. The van der Waals surface area contributed by atoms with Gasteiger partial charge < -0.3 is 41.5 Å². The largest absolute Gasteiger partial charge is 0.510 e. The first-order valence-corrected chi connectivity index (χ1v) is 15.9. The third-order valence-electron chi connectivity index (χ3n) is 9.83. The Morgan fingerprint density at radius 3 is 2.32 bits per heavy atom. The number of nitrogens with zero attached hydrogens (tertiary/aromatic N) is 2. The van der Waals surface area contributed by atoms with Crippen LogP contribution in [-0.4, -0.2) is 122 Å². The predicted octanol–water partition coefficient (Wildman–Crippen LogP) is 0.663. The van der Waals surface area contributed by atoms with Crippen molar-refractivity contribution in [1.82, 2.24) is 20.4 Å². The van der Waals surface area contributed by atoms with Gasteiger partial charge in [0.25, 0.3) is 5.91 Å². The first-order valence-electron chi connectivity index (χ1n) is 15.9. The number of amides is 2. The van der Waals surface area contributed by atoms with Gasteiger partial charge in [0, 0.05) is 17.0 Å². The lowest BCUT2D eigenvalue weighted by Crippen LogP contribution is -2.68. The van der Waals surface area contributed by atoms with Gasteiger partial charge in [-0.25, -0.2) is 0 Å². The van der Waals surface area contributed by atoms with Crippen molar-refractivity contribution >= 4 is 29.1 Å². The highest BCUT2D eigenvalue weighted by atomic mass is 16.4. The fraction of sp³-hybridized carbons (Fsp3) is 0.576. The van der Waals surface area contributed by atoms with Gasteiger partial charge in [0.2, 0.25) is 11.7 Å². The average Bonchev–Trinajstić information content (AvgIpc) is 3.51. The molecule has 6 atom stereocenters. The Morgan fingerprint density at radius 2 is 1.72 bits per heavy atom. The lowest BCUT2D eigenvalue weighted by Gasteiger charge is -2.53. The molecule has 1 saturated heterocycles. The summed E-state index contributed by atoms with van der Waals surface area (Å²) in [6.07, 6.45) is 0.220. The standard InChI is InChI=1S/C33H45N5O9/c1-15-16-9-10-17(36-18(39)13-35-32(2,3)4)25(40)20(16)26(41)21-19(15)27(42)23-24(37(5)6)28(43)22(30(45)33(23,47)29(21)44)31(46)34-14-38-11-7-8-12-38/h9-10,15,19,23-24,27,35,40,42-44,47H,7-8,11-14H2,1-6H3,(H,34,46)(H,36,39)/t15?,19?,23?,24-,27?,33?/m0/s1. The number of nitrogens with one attached hydrogen (secondary N) is 3. The van der Waals surface area contributed by atoms with Crippen molar-refractivity contribution in [2.45, 2.75) is 69.7 Å². The minimum Gasteiger partial charge on any atom is -0.510 e. The zero-order valence-corrected chi connectivity index (χ0v) is 27.5. The summed E-state index contributed by atoms with van der Waals surface area (Å²) in [6.45, 7) is 8.77. The summed E-state index contributed by atoms with van der Waals surface area (Å²) in [4.78, 5) is 57.6. The van der Waals surface area contributed by atoms with E-state index in [-0.39, 0.29) is 30.0 Å². The van der Waals surface area contributed by atoms with Crippen LogP contribution in [0.3, 0.4) is 0 Å². The maximum absolute atomic E-state index is 14.1. The van der Waals surface area contributed by atoms with Crippen LogP contribution in [0.1, 0.15) is 62.4 Å². The van der Waals surface area contributed by atoms with E-state index in [4.69, 9.17) is 0 Å². The monoisotopic (exact) mass is 655 g/mol. The number of ketones is 2. The Labute approximate surface area is 273 Å². The van der Waals surface area contributed by atoms with Crippen molar-refractivity contribution < 1.29 is 44.7 Å². The normalized spacial score (nSPS) is 29.5. The number of likely N-dealkylation sites (tertiary alicyclic amines) is 1. The van der Waals surface area contributed by atoms with Gasteiger partial charge in [-0.3, -0.25) is 29.0 Å². The number of phenols is 1. The Kier molecular flexibility index (Phi) is 9.05. The smallest absolute Gasteiger partial charge is 0.259 e. The van der Waals surface area contributed by atoms with E-state index in [9.17, 15) is 44.7 Å². The van der Waals surface area contributed by atoms with E-state index >= 15 is 0 Å². The summed E-state index contributed by atoms with van der Waals surface area (Å²) < 4.78 is 0. The van der Waals surface area contributed by atoms with E-state index in [1.165, 1.54) is 31.1 Å². The van der Waals surface area contributed by atoms with Crippen LogP contribution in [0, 0.1) is 11.8 Å². The fourth-order valence-corrected chi connectivity index (χ4v) is 7.46. The van der Waals surface area contributed by atoms with Crippen LogP contribution in [0.4, 0.5) is 5.69 Å². The second kappa shape index (κ2) is 12.3. The molecule has 1 heterocycles. The second-order valence-corrected chi connectivity index (χ2v) is 14.3. The van der Waals surface area contributed by atoms with E-state index in [2.05, 4.69) is 16.0 Å². The van der Waals surface area contributed by atoms with E-state index in [1.807, 2.05) is 25.7 Å². The van der Waals surface area contributed by atoms with Gasteiger partial charge in [0.15, 0.2) is 17.1 Å². The molecule has 1 fully saturated rings. The van der Waals surface area contributed by atoms with Crippen LogP contribution >= 0.6 is 0 Å². The van der Waals surface area contributed by atoms with Gasteiger partial charge in [0.05, 0.1) is 42.5 Å². The van der Waals surface area contributed by atoms with Gasteiger partial charge in [-0.1, -0.05) is 13.0 Å². The molecular formula is C33H45N5O9. The lowest BCUT2D eigenvalue weighted by atomic mass is 9.55. The van der Waals surface area contributed by atoms with Crippen molar-refractivity contribution in [2.75, 3.05) is 45.7 Å². The van der Waals surface area contributed by atoms with Gasteiger partial charge in [-0.15, -0.1) is 0 Å². The molecule has 0 spiro atoms. The molecule has 47 heavy (non-hydrogen) atoms. The zero-order chi connectivity index (χ0) is 34.7. The number of phenolic OH excluding ortho intramolecular Hbond substituents is 1. The van der Waals surface area contributed by atoms with Crippen LogP contribution in [0.25, 0.3) is 0 Å². The quantitative estimate of drug-likeness (QED) is 0.150. The van der Waals surface area contributed by atoms with Crippen LogP contribution in [0.5, 0.6) is 5.75 Å². The number of Topliss-reactive ketones (excluding diaryl/α,β-unsaturated/α-hetero) is 2. The number of fused-ring (bicyclic) bond motifs is 3. The van der Waals surface area contributed by atoms with E-state index in [0.717, 1.165) is 25.9 Å². The highest BCUT2D eigenvalue weighted by Crippen LogP contribution is 2.56. The number of hydrogen-bond acceptors (Lipinski definition) is 12. The van der Waals surface area contributed by atoms with Crippen molar-refractivity contribution in [2.24, 2.45) is 11.8 Å². The summed E-state index contributed by atoms with van der Waals surface area (Å²) in [5, 5.41) is 66.6. The SMILES string of the molecule is CC1c2ccc(NC(=O)CNC(C)(C)C)c(O)c2C(=O)C2=C(O)C3(O)C(=O)C(C(=O)NCN4CCCC4)=C(O)[C@@H](N(C)C)C3C(O)C21. The van der Waals surface area contributed by atoms with Gasteiger partial charge in [-0.2, -0.15) is 0 Å². The average molecular weight is 656 g/mol. The van der Waals surface area contributed by atoms with E-state index in [1.54, 1.807) is 6.92 Å². The summed E-state index contributed by atoms with van der Waals surface area (Å²) in [6, 6.07) is 1.66. The zero-order valence-electron chi connectivity index (χ0n) is 27.5. The summed E-state index contributed by atoms with van der Waals surface area (Å²) in [5.41, 5.74) is -4.62. The molecule has 14 nitrogen and oxygen atoms in total. The van der Waals surface area contributed by atoms with Crippen LogP contribution < -0.4 is 16.0 Å². The number of likely N-dealkylation sites (N-methyl/N-ethyl adjacent to an activating group) is 1. The molecule has 0 saturated carbocycles. The number of aromatic hydroxyl groups is 1. The maximum Gasteiger partial charge on any atom is 0.259 e. The molecule has 0 radical (unpaired) electrons. The molecule has 256 valence electrons. The van der Waals surface area contributed by atoms with Crippen molar-refractivity contribution in [1.29, 1.82) is 0 Å². The lowest BCUT2D eigenvalue weighted by molar-refractivity contribution is -0.162. The number of hydrogen-bond donors (Lipinski definition) is 8. The summed E-state index contributed by atoms with van der Waals surface area (Å²) >= 11 is 0. The third-order valence-corrected chi connectivity index (χ3v) is 9.83. The molecule has 5 rings (SSSR count). The molecule has 3 aliphatic carbocycles. The predicted molar refractivity (Wildman–Crippen MR) is 171 cm³/mol. The number of carbonyl (C=O) groups excluding carboxylic acids is 4. The minimum atomic E-state index is -2.97. The van der Waals surface area contributed by atoms with Crippen molar-refractivity contribution in [3.8, 4) is 5.75 Å². The minimum absolute atomic E-state index is 0.0669.